The highest BCUT2D eigenvalue weighted by molar-refractivity contribution is 9.10. The number of phenols is 1. The molecule has 0 saturated carbocycles. The minimum Gasteiger partial charge on any atom is -0.507 e. The van der Waals surface area contributed by atoms with E-state index < -0.39 is 0 Å². The van der Waals surface area contributed by atoms with Crippen molar-refractivity contribution < 1.29 is 9.90 Å². The first-order chi connectivity index (χ1) is 8.56. The predicted octanol–water partition coefficient (Wildman–Crippen LogP) is 3.45. The van der Waals surface area contributed by atoms with E-state index in [9.17, 15) is 9.90 Å². The lowest BCUT2D eigenvalue weighted by atomic mass is 10.2. The summed E-state index contributed by atoms with van der Waals surface area (Å²) >= 11 is 4.84. The molecule has 0 aliphatic rings. The number of carbonyl (C=O) groups is 1. The van der Waals surface area contributed by atoms with Crippen molar-refractivity contribution in [1.82, 2.24) is 5.32 Å². The Bertz CT molecular complexity index is 580. The summed E-state index contributed by atoms with van der Waals surface area (Å²) in [5.41, 5.74) is 0.448. The van der Waals surface area contributed by atoms with Crippen LogP contribution in [0.2, 0.25) is 0 Å². The van der Waals surface area contributed by atoms with E-state index in [-0.39, 0.29) is 11.7 Å². The number of nitrogens with one attached hydrogen (secondary N) is 1. The van der Waals surface area contributed by atoms with E-state index in [1.807, 2.05) is 19.1 Å². The van der Waals surface area contributed by atoms with E-state index in [2.05, 4.69) is 21.2 Å². The molecule has 2 N–H and O–H groups in total. The highest BCUT2D eigenvalue weighted by Crippen LogP contribution is 2.24. The SMILES string of the molecule is Cc1ccc(CNC(=O)c2ccc(Br)c(O)c2)s1. The molecule has 0 atom stereocenters. The molecule has 0 bridgehead atoms. The molecule has 0 spiro atoms. The second kappa shape index (κ2) is 5.54. The van der Waals surface area contributed by atoms with Gasteiger partial charge in [-0.3, -0.25) is 4.79 Å². The number of thiophene rings is 1. The summed E-state index contributed by atoms with van der Waals surface area (Å²) in [5.74, 6) is -0.126. The number of aromatic hydroxyl groups is 1. The van der Waals surface area contributed by atoms with Gasteiger partial charge in [-0.25, -0.2) is 0 Å². The number of amides is 1. The normalized spacial score (nSPS) is 10.3. The van der Waals surface area contributed by atoms with Crippen molar-refractivity contribution in [2.75, 3.05) is 0 Å². The second-order valence-electron chi connectivity index (χ2n) is 3.86. The maximum atomic E-state index is 11.9. The van der Waals surface area contributed by atoms with Crippen LogP contribution < -0.4 is 5.32 Å². The van der Waals surface area contributed by atoms with Crippen LogP contribution >= 0.6 is 27.3 Å². The van der Waals surface area contributed by atoms with Crippen molar-refractivity contribution in [3.8, 4) is 5.75 Å². The Morgan fingerprint density at radius 2 is 2.17 bits per heavy atom. The summed E-state index contributed by atoms with van der Waals surface area (Å²) in [6.07, 6.45) is 0. The second-order valence-corrected chi connectivity index (χ2v) is 6.09. The van der Waals surface area contributed by atoms with Gasteiger partial charge in [-0.15, -0.1) is 11.3 Å². The maximum absolute atomic E-state index is 11.9. The van der Waals surface area contributed by atoms with Gasteiger partial charge in [0.1, 0.15) is 5.75 Å². The Morgan fingerprint density at radius 1 is 1.39 bits per heavy atom. The van der Waals surface area contributed by atoms with Crippen molar-refractivity contribution in [2.45, 2.75) is 13.5 Å². The topological polar surface area (TPSA) is 49.3 Å². The smallest absolute Gasteiger partial charge is 0.251 e. The predicted molar refractivity (Wildman–Crippen MR) is 76.0 cm³/mol. The van der Waals surface area contributed by atoms with Crippen molar-refractivity contribution in [3.63, 3.8) is 0 Å². The fourth-order valence-corrected chi connectivity index (χ4v) is 2.58. The van der Waals surface area contributed by atoms with Crippen LogP contribution in [0.15, 0.2) is 34.8 Å². The van der Waals surface area contributed by atoms with Crippen LogP contribution in [0.4, 0.5) is 0 Å². The molecule has 94 valence electrons. The van der Waals surface area contributed by atoms with E-state index in [1.54, 1.807) is 23.5 Å². The average molecular weight is 326 g/mol. The zero-order chi connectivity index (χ0) is 13.1. The lowest BCUT2D eigenvalue weighted by Crippen LogP contribution is -2.22. The number of rotatable bonds is 3. The molecule has 0 saturated heterocycles. The van der Waals surface area contributed by atoms with E-state index >= 15 is 0 Å². The molecular formula is C13H12BrNO2S. The molecule has 1 amide bonds. The van der Waals surface area contributed by atoms with Crippen LogP contribution in [0.1, 0.15) is 20.1 Å². The zero-order valence-corrected chi connectivity index (χ0v) is 12.1. The van der Waals surface area contributed by atoms with Gasteiger partial charge in [0.25, 0.3) is 5.91 Å². The summed E-state index contributed by atoms with van der Waals surface area (Å²) < 4.78 is 0.577. The molecule has 5 heteroatoms. The molecule has 0 radical (unpaired) electrons. The van der Waals surface area contributed by atoms with Gasteiger partial charge in [0.2, 0.25) is 0 Å². The third-order valence-electron chi connectivity index (χ3n) is 2.43. The number of benzene rings is 1. The minimum absolute atomic E-state index is 0.0645. The molecule has 2 aromatic rings. The van der Waals surface area contributed by atoms with Crippen molar-refractivity contribution in [1.29, 1.82) is 0 Å². The van der Waals surface area contributed by atoms with Crippen LogP contribution in [0, 0.1) is 6.92 Å². The summed E-state index contributed by atoms with van der Waals surface area (Å²) in [7, 11) is 0. The number of hydrogen-bond acceptors (Lipinski definition) is 3. The fraction of sp³-hybridized carbons (Fsp3) is 0.154. The highest BCUT2D eigenvalue weighted by atomic mass is 79.9. The Hall–Kier alpha value is -1.33. The number of halogens is 1. The number of carbonyl (C=O) groups excluding carboxylic acids is 1. The first kappa shape index (κ1) is 13.1. The third-order valence-corrected chi connectivity index (χ3v) is 4.10. The standard InChI is InChI=1S/C13H12BrNO2S/c1-8-2-4-10(18-8)7-15-13(17)9-3-5-11(14)12(16)6-9/h2-6,16H,7H2,1H3,(H,15,17). The quantitative estimate of drug-likeness (QED) is 0.908. The molecule has 2 rings (SSSR count). The van der Waals surface area contributed by atoms with E-state index in [0.29, 0.717) is 16.6 Å². The highest BCUT2D eigenvalue weighted by Gasteiger charge is 2.08. The van der Waals surface area contributed by atoms with Crippen molar-refractivity contribution >= 4 is 33.2 Å². The maximum Gasteiger partial charge on any atom is 0.251 e. The Morgan fingerprint density at radius 3 is 2.78 bits per heavy atom. The molecule has 0 aliphatic heterocycles. The lowest BCUT2D eigenvalue weighted by Gasteiger charge is -2.05. The summed E-state index contributed by atoms with van der Waals surface area (Å²) in [4.78, 5) is 14.2. The van der Waals surface area contributed by atoms with Crippen LogP contribution in [-0.2, 0) is 6.54 Å². The molecule has 3 nitrogen and oxygen atoms in total. The van der Waals surface area contributed by atoms with Gasteiger partial charge >= 0.3 is 0 Å². The van der Waals surface area contributed by atoms with Crippen LogP contribution in [-0.4, -0.2) is 11.0 Å². The molecule has 0 aliphatic carbocycles. The van der Waals surface area contributed by atoms with Crippen molar-refractivity contribution in [2.24, 2.45) is 0 Å². The average Bonchev–Trinajstić information content (AvgIpc) is 2.75. The molecule has 1 aromatic heterocycles. The van der Waals surface area contributed by atoms with Gasteiger partial charge in [-0.2, -0.15) is 0 Å². The first-order valence-electron chi connectivity index (χ1n) is 5.38. The molecular weight excluding hydrogens is 314 g/mol. The Kier molecular flexibility index (Phi) is 4.04. The van der Waals surface area contributed by atoms with E-state index in [0.717, 1.165) is 4.88 Å². The van der Waals surface area contributed by atoms with E-state index in [4.69, 9.17) is 0 Å². The largest absolute Gasteiger partial charge is 0.507 e. The Balaban J connectivity index is 2.01. The Labute approximate surface area is 118 Å². The number of aryl methyl sites for hydroxylation is 1. The number of hydrogen-bond donors (Lipinski definition) is 2. The monoisotopic (exact) mass is 325 g/mol. The minimum atomic E-state index is -0.191. The zero-order valence-electron chi connectivity index (χ0n) is 9.74. The van der Waals surface area contributed by atoms with Crippen LogP contribution in [0.3, 0.4) is 0 Å². The summed E-state index contributed by atoms with van der Waals surface area (Å²) in [6, 6.07) is 8.79. The summed E-state index contributed by atoms with van der Waals surface area (Å²) in [5, 5.41) is 12.3. The molecule has 0 fully saturated rings. The van der Waals surface area contributed by atoms with E-state index in [1.165, 1.54) is 10.9 Å². The first-order valence-corrected chi connectivity index (χ1v) is 6.99. The lowest BCUT2D eigenvalue weighted by molar-refractivity contribution is 0.0951. The van der Waals surface area contributed by atoms with Gasteiger partial charge in [-0.05, 0) is 53.2 Å². The molecule has 1 heterocycles. The van der Waals surface area contributed by atoms with Gasteiger partial charge in [0.05, 0.1) is 11.0 Å². The molecule has 1 aromatic carbocycles. The van der Waals surface area contributed by atoms with Gasteiger partial charge in [0.15, 0.2) is 0 Å². The molecule has 0 unspecified atom stereocenters. The van der Waals surface area contributed by atoms with Gasteiger partial charge in [0, 0.05) is 15.3 Å². The molecule has 18 heavy (non-hydrogen) atoms. The van der Waals surface area contributed by atoms with Crippen LogP contribution in [0.5, 0.6) is 5.75 Å². The van der Waals surface area contributed by atoms with Crippen LogP contribution in [0.25, 0.3) is 0 Å². The summed E-state index contributed by atoms with van der Waals surface area (Å²) in [6.45, 7) is 2.54. The van der Waals surface area contributed by atoms with Gasteiger partial charge in [-0.1, -0.05) is 0 Å². The van der Waals surface area contributed by atoms with Gasteiger partial charge < -0.3 is 10.4 Å². The number of phenolic OH excluding ortho intramolecular Hbond substituents is 1. The fourth-order valence-electron chi connectivity index (χ4n) is 1.50. The van der Waals surface area contributed by atoms with Crippen molar-refractivity contribution in [3.05, 3.63) is 50.1 Å². The third kappa shape index (κ3) is 3.11.